The van der Waals surface area contributed by atoms with E-state index in [4.69, 9.17) is 0 Å². The van der Waals surface area contributed by atoms with Crippen molar-refractivity contribution in [2.24, 2.45) is 5.41 Å². The molecule has 0 bridgehead atoms. The molecule has 2 rings (SSSR count). The van der Waals surface area contributed by atoms with E-state index in [2.05, 4.69) is 10.3 Å². The Morgan fingerprint density at radius 3 is 2.67 bits per heavy atom. The van der Waals surface area contributed by atoms with Crippen molar-refractivity contribution < 1.29 is 14.7 Å². The lowest BCUT2D eigenvalue weighted by Crippen LogP contribution is -2.47. The van der Waals surface area contributed by atoms with Crippen LogP contribution in [0.5, 0.6) is 0 Å². The summed E-state index contributed by atoms with van der Waals surface area (Å²) in [6.07, 6.45) is 5.75. The van der Waals surface area contributed by atoms with Crippen molar-refractivity contribution in [2.75, 3.05) is 18.4 Å². The highest BCUT2D eigenvalue weighted by Gasteiger charge is 2.41. The Balaban J connectivity index is 1.94. The summed E-state index contributed by atoms with van der Waals surface area (Å²) in [6.45, 7) is 2.93. The zero-order valence-corrected chi connectivity index (χ0v) is 12.2. The van der Waals surface area contributed by atoms with E-state index >= 15 is 0 Å². The van der Waals surface area contributed by atoms with Crippen molar-refractivity contribution in [3.8, 4) is 0 Å². The van der Waals surface area contributed by atoms with Gasteiger partial charge in [0.25, 0.3) is 0 Å². The van der Waals surface area contributed by atoms with E-state index in [-0.39, 0.29) is 6.03 Å². The summed E-state index contributed by atoms with van der Waals surface area (Å²) in [5.41, 5.74) is -0.0223. The number of urea groups is 1. The van der Waals surface area contributed by atoms with Crippen LogP contribution < -0.4 is 5.32 Å². The van der Waals surface area contributed by atoms with Crippen LogP contribution in [-0.4, -0.2) is 40.1 Å². The summed E-state index contributed by atoms with van der Waals surface area (Å²) in [5.74, 6) is -0.739. The molecule has 1 fully saturated rings. The van der Waals surface area contributed by atoms with E-state index in [1.54, 1.807) is 29.4 Å². The third-order valence-corrected chi connectivity index (χ3v) is 4.10. The number of anilines is 1. The number of carboxylic acid groups (broad SMARTS) is 1. The van der Waals surface area contributed by atoms with Gasteiger partial charge in [-0.1, -0.05) is 13.3 Å². The summed E-state index contributed by atoms with van der Waals surface area (Å²) in [5, 5.41) is 12.2. The monoisotopic (exact) mass is 291 g/mol. The minimum atomic E-state index is -0.739. The first kappa shape index (κ1) is 15.3. The molecule has 1 saturated heterocycles. The van der Waals surface area contributed by atoms with Crippen LogP contribution >= 0.6 is 0 Å². The van der Waals surface area contributed by atoms with Crippen molar-refractivity contribution >= 4 is 17.7 Å². The Labute approximate surface area is 124 Å². The molecule has 2 heterocycles. The summed E-state index contributed by atoms with van der Waals surface area (Å²) in [4.78, 5) is 29.3. The largest absolute Gasteiger partial charge is 0.481 e. The van der Waals surface area contributed by atoms with Crippen molar-refractivity contribution in [3.05, 3.63) is 24.5 Å². The highest BCUT2D eigenvalue weighted by Crippen LogP contribution is 2.36. The number of carbonyl (C=O) groups excluding carboxylic acids is 1. The van der Waals surface area contributed by atoms with Crippen LogP contribution in [0.25, 0.3) is 0 Å². The molecule has 2 amide bonds. The van der Waals surface area contributed by atoms with Crippen molar-refractivity contribution in [1.29, 1.82) is 0 Å². The van der Waals surface area contributed by atoms with Crippen LogP contribution in [0.3, 0.4) is 0 Å². The number of likely N-dealkylation sites (tertiary alicyclic amines) is 1. The Hall–Kier alpha value is -2.11. The summed E-state index contributed by atoms with van der Waals surface area (Å²) >= 11 is 0. The molecule has 6 heteroatoms. The Morgan fingerprint density at radius 1 is 1.43 bits per heavy atom. The van der Waals surface area contributed by atoms with E-state index in [0.29, 0.717) is 38.0 Å². The minimum absolute atomic E-state index is 0.196. The summed E-state index contributed by atoms with van der Waals surface area (Å²) in [6, 6.07) is 3.33. The van der Waals surface area contributed by atoms with Crippen LogP contribution in [0.15, 0.2) is 24.5 Å². The number of aromatic nitrogens is 1. The molecule has 0 aliphatic carbocycles. The molecule has 0 aromatic carbocycles. The smallest absolute Gasteiger partial charge is 0.321 e. The molecule has 0 saturated carbocycles. The molecular formula is C15H21N3O3. The first-order chi connectivity index (χ1) is 10.1. The number of carboxylic acids is 1. The number of pyridine rings is 1. The van der Waals surface area contributed by atoms with Gasteiger partial charge in [-0.2, -0.15) is 0 Å². The van der Waals surface area contributed by atoms with Gasteiger partial charge in [0.2, 0.25) is 0 Å². The van der Waals surface area contributed by atoms with Gasteiger partial charge in [0.05, 0.1) is 17.3 Å². The van der Waals surface area contributed by atoms with Crippen molar-refractivity contribution in [3.63, 3.8) is 0 Å². The van der Waals surface area contributed by atoms with Gasteiger partial charge in [-0.3, -0.25) is 9.78 Å². The van der Waals surface area contributed by atoms with Gasteiger partial charge in [-0.25, -0.2) is 4.79 Å². The molecule has 114 valence electrons. The van der Waals surface area contributed by atoms with E-state index < -0.39 is 11.4 Å². The Morgan fingerprint density at radius 2 is 2.14 bits per heavy atom. The fourth-order valence-corrected chi connectivity index (χ4v) is 2.83. The van der Waals surface area contributed by atoms with Crippen molar-refractivity contribution in [2.45, 2.75) is 32.6 Å². The molecule has 1 aromatic heterocycles. The highest BCUT2D eigenvalue weighted by molar-refractivity contribution is 5.89. The van der Waals surface area contributed by atoms with E-state index in [1.807, 2.05) is 6.92 Å². The second kappa shape index (κ2) is 6.56. The second-order valence-corrected chi connectivity index (χ2v) is 5.49. The second-order valence-electron chi connectivity index (χ2n) is 5.49. The number of nitrogens with one attached hydrogen (secondary N) is 1. The number of carbonyl (C=O) groups is 2. The molecule has 1 aliphatic rings. The van der Waals surface area contributed by atoms with Gasteiger partial charge in [0.1, 0.15) is 0 Å². The van der Waals surface area contributed by atoms with Gasteiger partial charge in [-0.15, -0.1) is 0 Å². The topological polar surface area (TPSA) is 82.5 Å². The molecular weight excluding hydrogens is 270 g/mol. The Bertz CT molecular complexity index is 496. The molecule has 0 atom stereocenters. The third kappa shape index (κ3) is 3.51. The molecule has 0 radical (unpaired) electrons. The van der Waals surface area contributed by atoms with Crippen LogP contribution in [-0.2, 0) is 4.79 Å². The first-order valence-corrected chi connectivity index (χ1v) is 7.27. The van der Waals surface area contributed by atoms with E-state index in [1.165, 1.54) is 0 Å². The zero-order chi connectivity index (χ0) is 15.3. The number of amides is 2. The van der Waals surface area contributed by atoms with Crippen LogP contribution in [0.1, 0.15) is 32.6 Å². The molecule has 0 unspecified atom stereocenters. The molecule has 6 nitrogen and oxygen atoms in total. The lowest BCUT2D eigenvalue weighted by atomic mass is 9.75. The molecule has 1 aliphatic heterocycles. The lowest BCUT2D eigenvalue weighted by molar-refractivity contribution is -0.152. The first-order valence-electron chi connectivity index (χ1n) is 7.27. The zero-order valence-electron chi connectivity index (χ0n) is 12.2. The SMILES string of the molecule is CCCC1(C(=O)O)CCN(C(=O)Nc2cccnc2)CC1. The van der Waals surface area contributed by atoms with Crippen LogP contribution in [0.2, 0.25) is 0 Å². The maximum Gasteiger partial charge on any atom is 0.321 e. The normalized spacial score (nSPS) is 17.3. The third-order valence-electron chi connectivity index (χ3n) is 4.10. The van der Waals surface area contributed by atoms with Gasteiger partial charge >= 0.3 is 12.0 Å². The predicted octanol–water partition coefficient (Wildman–Crippen LogP) is 2.58. The van der Waals surface area contributed by atoms with Crippen LogP contribution in [0.4, 0.5) is 10.5 Å². The number of rotatable bonds is 4. The maximum atomic E-state index is 12.1. The Kier molecular flexibility index (Phi) is 4.77. The molecule has 1 aromatic rings. The van der Waals surface area contributed by atoms with E-state index in [9.17, 15) is 14.7 Å². The number of hydrogen-bond donors (Lipinski definition) is 2. The molecule has 21 heavy (non-hydrogen) atoms. The fraction of sp³-hybridized carbons (Fsp3) is 0.533. The van der Waals surface area contributed by atoms with Crippen LogP contribution in [0, 0.1) is 5.41 Å². The van der Waals surface area contributed by atoms with Gasteiger partial charge in [0, 0.05) is 19.3 Å². The highest BCUT2D eigenvalue weighted by atomic mass is 16.4. The standard InChI is InChI=1S/C15H21N3O3/c1-2-5-15(13(19)20)6-9-18(10-7-15)14(21)17-12-4-3-8-16-11-12/h3-4,8,11H,2,5-7,9-10H2,1H3,(H,17,21)(H,19,20). The number of aliphatic carboxylic acids is 1. The minimum Gasteiger partial charge on any atom is -0.481 e. The van der Waals surface area contributed by atoms with Gasteiger partial charge in [-0.05, 0) is 31.4 Å². The predicted molar refractivity (Wildman–Crippen MR) is 79.0 cm³/mol. The average Bonchev–Trinajstić information content (AvgIpc) is 2.49. The molecule has 0 spiro atoms. The number of nitrogens with zero attached hydrogens (tertiary/aromatic N) is 2. The van der Waals surface area contributed by atoms with E-state index in [0.717, 1.165) is 6.42 Å². The van der Waals surface area contributed by atoms with Gasteiger partial charge < -0.3 is 15.3 Å². The lowest BCUT2D eigenvalue weighted by Gasteiger charge is -2.38. The summed E-state index contributed by atoms with van der Waals surface area (Å²) < 4.78 is 0. The average molecular weight is 291 g/mol. The fourth-order valence-electron chi connectivity index (χ4n) is 2.83. The summed E-state index contributed by atoms with van der Waals surface area (Å²) in [7, 11) is 0. The quantitative estimate of drug-likeness (QED) is 0.893. The van der Waals surface area contributed by atoms with Gasteiger partial charge in [0.15, 0.2) is 0 Å². The van der Waals surface area contributed by atoms with Crippen molar-refractivity contribution in [1.82, 2.24) is 9.88 Å². The maximum absolute atomic E-state index is 12.1. The number of hydrogen-bond acceptors (Lipinski definition) is 3. The molecule has 2 N–H and O–H groups in total. The number of piperidine rings is 1.